The minimum absolute atomic E-state index is 0.0794. The minimum Gasteiger partial charge on any atom is -0.469 e. The van der Waals surface area contributed by atoms with E-state index >= 15 is 0 Å². The number of esters is 1. The summed E-state index contributed by atoms with van der Waals surface area (Å²) in [4.78, 5) is 25.8. The molecule has 0 saturated carbocycles. The Balaban J connectivity index is 2.14. The molecule has 1 amide bonds. The number of benzene rings is 1. The maximum atomic E-state index is 12.5. The van der Waals surface area contributed by atoms with Crippen LogP contribution in [0.15, 0.2) is 18.2 Å². The lowest BCUT2D eigenvalue weighted by Gasteiger charge is -2.31. The fraction of sp³-hybridized carbons (Fsp3) is 0.467. The third kappa shape index (κ3) is 3.31. The zero-order valence-corrected chi connectivity index (χ0v) is 12.4. The van der Waals surface area contributed by atoms with Gasteiger partial charge < -0.3 is 9.64 Å². The molecule has 4 nitrogen and oxygen atoms in total. The summed E-state index contributed by atoms with van der Waals surface area (Å²) in [6, 6.07) is 5.29. The molecule has 1 aromatic carbocycles. The number of hydrogen-bond donors (Lipinski definition) is 0. The number of piperidine rings is 1. The molecule has 1 aliphatic rings. The summed E-state index contributed by atoms with van der Waals surface area (Å²) in [5, 5.41) is 0.551. The number of hydrogen-bond acceptors (Lipinski definition) is 3. The summed E-state index contributed by atoms with van der Waals surface area (Å²) < 4.78 is 4.76. The molecule has 20 heavy (non-hydrogen) atoms. The largest absolute Gasteiger partial charge is 0.469 e. The summed E-state index contributed by atoms with van der Waals surface area (Å²) in [5.74, 6) is -0.549. The zero-order valence-electron chi connectivity index (χ0n) is 11.7. The van der Waals surface area contributed by atoms with E-state index in [1.807, 2.05) is 19.1 Å². The quantitative estimate of drug-likeness (QED) is 0.788. The smallest absolute Gasteiger partial charge is 0.310 e. The molecule has 5 heteroatoms. The number of carbonyl (C=O) groups excluding carboxylic acids is 2. The number of carbonyl (C=O) groups is 2. The van der Waals surface area contributed by atoms with Crippen molar-refractivity contribution in [2.24, 2.45) is 5.92 Å². The van der Waals surface area contributed by atoms with Crippen LogP contribution in [0.3, 0.4) is 0 Å². The average molecular weight is 296 g/mol. The number of halogens is 1. The van der Waals surface area contributed by atoms with Gasteiger partial charge >= 0.3 is 5.97 Å². The standard InChI is InChI=1S/C15H18ClNO3/c1-10-6-12(8-13(16)7-10)14(18)17-5-3-4-11(9-17)15(19)20-2/h6-8,11H,3-5,9H2,1-2H3. The molecule has 0 N–H and O–H groups in total. The Morgan fingerprint density at radius 3 is 2.75 bits per heavy atom. The van der Waals surface area contributed by atoms with E-state index in [-0.39, 0.29) is 17.8 Å². The fourth-order valence-corrected chi connectivity index (χ4v) is 2.85. The Hall–Kier alpha value is -1.55. The Kier molecular flexibility index (Phi) is 4.65. The summed E-state index contributed by atoms with van der Waals surface area (Å²) in [7, 11) is 1.38. The van der Waals surface area contributed by atoms with Gasteiger partial charge in [0.1, 0.15) is 0 Å². The fourth-order valence-electron chi connectivity index (χ4n) is 2.56. The summed E-state index contributed by atoms with van der Waals surface area (Å²) >= 11 is 5.99. The van der Waals surface area contributed by atoms with Crippen molar-refractivity contribution in [3.05, 3.63) is 34.3 Å². The molecule has 1 atom stereocenters. The number of likely N-dealkylation sites (tertiary alicyclic amines) is 1. The van der Waals surface area contributed by atoms with Gasteiger partial charge in [0.25, 0.3) is 5.91 Å². The van der Waals surface area contributed by atoms with Crippen LogP contribution in [-0.4, -0.2) is 37.0 Å². The molecule has 1 fully saturated rings. The van der Waals surface area contributed by atoms with Crippen LogP contribution in [0.25, 0.3) is 0 Å². The maximum Gasteiger partial charge on any atom is 0.310 e. The first kappa shape index (κ1) is 14.9. The maximum absolute atomic E-state index is 12.5. The number of ether oxygens (including phenoxy) is 1. The number of aryl methyl sites for hydroxylation is 1. The van der Waals surface area contributed by atoms with Crippen LogP contribution in [0, 0.1) is 12.8 Å². The number of rotatable bonds is 2. The predicted molar refractivity (Wildman–Crippen MR) is 76.8 cm³/mol. The van der Waals surface area contributed by atoms with Crippen LogP contribution in [-0.2, 0) is 9.53 Å². The average Bonchev–Trinajstić information content (AvgIpc) is 2.44. The van der Waals surface area contributed by atoms with Gasteiger partial charge in [0.2, 0.25) is 0 Å². The highest BCUT2D eigenvalue weighted by molar-refractivity contribution is 6.31. The van der Waals surface area contributed by atoms with Gasteiger partial charge in [0.15, 0.2) is 0 Å². The van der Waals surface area contributed by atoms with E-state index in [9.17, 15) is 9.59 Å². The normalized spacial score (nSPS) is 18.8. The van der Waals surface area contributed by atoms with Crippen LogP contribution < -0.4 is 0 Å². The van der Waals surface area contributed by atoms with E-state index in [4.69, 9.17) is 16.3 Å². The molecule has 0 spiro atoms. The molecule has 1 aromatic rings. The van der Waals surface area contributed by atoms with Crippen molar-refractivity contribution in [3.63, 3.8) is 0 Å². The highest BCUT2D eigenvalue weighted by atomic mass is 35.5. The van der Waals surface area contributed by atoms with E-state index in [1.54, 1.807) is 11.0 Å². The number of nitrogens with zero attached hydrogens (tertiary/aromatic N) is 1. The van der Waals surface area contributed by atoms with Crippen molar-refractivity contribution in [1.29, 1.82) is 0 Å². The van der Waals surface area contributed by atoms with Gasteiger partial charge in [0.05, 0.1) is 13.0 Å². The first-order chi connectivity index (χ1) is 9.51. The third-order valence-electron chi connectivity index (χ3n) is 3.53. The lowest BCUT2D eigenvalue weighted by Crippen LogP contribution is -2.42. The lowest BCUT2D eigenvalue weighted by molar-refractivity contribution is -0.146. The highest BCUT2D eigenvalue weighted by Crippen LogP contribution is 2.21. The third-order valence-corrected chi connectivity index (χ3v) is 3.75. The Bertz CT molecular complexity index is 510. The van der Waals surface area contributed by atoms with Crippen molar-refractivity contribution in [2.75, 3.05) is 20.2 Å². The molecule has 1 heterocycles. The van der Waals surface area contributed by atoms with Crippen molar-refractivity contribution in [2.45, 2.75) is 19.8 Å². The second-order valence-corrected chi connectivity index (χ2v) is 5.57. The number of amides is 1. The molecule has 108 valence electrons. The van der Waals surface area contributed by atoms with Crippen LogP contribution in [0.1, 0.15) is 28.8 Å². The van der Waals surface area contributed by atoms with Crippen LogP contribution in [0.4, 0.5) is 0 Å². The van der Waals surface area contributed by atoms with Gasteiger partial charge in [0, 0.05) is 23.7 Å². The molecule has 0 aliphatic carbocycles. The molecule has 1 aliphatic heterocycles. The molecular weight excluding hydrogens is 278 g/mol. The molecule has 0 bridgehead atoms. The number of methoxy groups -OCH3 is 1. The van der Waals surface area contributed by atoms with Gasteiger partial charge in [-0.1, -0.05) is 11.6 Å². The van der Waals surface area contributed by atoms with Gasteiger partial charge in [-0.15, -0.1) is 0 Å². The molecule has 0 aromatic heterocycles. The second-order valence-electron chi connectivity index (χ2n) is 5.13. The summed E-state index contributed by atoms with van der Waals surface area (Å²) in [6.07, 6.45) is 1.58. The minimum atomic E-state index is -0.246. The van der Waals surface area contributed by atoms with E-state index in [0.717, 1.165) is 18.4 Å². The van der Waals surface area contributed by atoms with E-state index in [0.29, 0.717) is 23.7 Å². The lowest BCUT2D eigenvalue weighted by atomic mass is 9.97. The Labute approximate surface area is 123 Å². The molecule has 1 unspecified atom stereocenters. The summed E-state index contributed by atoms with van der Waals surface area (Å²) in [5.41, 5.74) is 1.52. The molecular formula is C15H18ClNO3. The highest BCUT2D eigenvalue weighted by Gasteiger charge is 2.29. The van der Waals surface area contributed by atoms with Crippen molar-refractivity contribution in [3.8, 4) is 0 Å². The SMILES string of the molecule is COC(=O)C1CCCN(C(=O)c2cc(C)cc(Cl)c2)C1. The molecule has 2 rings (SSSR count). The monoisotopic (exact) mass is 295 g/mol. The van der Waals surface area contributed by atoms with E-state index in [1.165, 1.54) is 7.11 Å². The van der Waals surface area contributed by atoms with Crippen molar-refractivity contribution in [1.82, 2.24) is 4.90 Å². The first-order valence-corrected chi connectivity index (χ1v) is 7.03. The first-order valence-electron chi connectivity index (χ1n) is 6.65. The molecule has 0 radical (unpaired) electrons. The zero-order chi connectivity index (χ0) is 14.7. The Morgan fingerprint density at radius 1 is 1.35 bits per heavy atom. The Morgan fingerprint density at radius 2 is 2.10 bits per heavy atom. The van der Waals surface area contributed by atoms with E-state index < -0.39 is 0 Å². The van der Waals surface area contributed by atoms with Gasteiger partial charge in [-0.25, -0.2) is 0 Å². The topological polar surface area (TPSA) is 46.6 Å². The van der Waals surface area contributed by atoms with Crippen LogP contribution in [0.2, 0.25) is 5.02 Å². The summed E-state index contributed by atoms with van der Waals surface area (Å²) in [6.45, 7) is 2.98. The van der Waals surface area contributed by atoms with Crippen molar-refractivity contribution < 1.29 is 14.3 Å². The van der Waals surface area contributed by atoms with Crippen molar-refractivity contribution >= 4 is 23.5 Å². The van der Waals surface area contributed by atoms with Crippen LogP contribution in [0.5, 0.6) is 0 Å². The second kappa shape index (κ2) is 6.27. The van der Waals surface area contributed by atoms with Crippen LogP contribution >= 0.6 is 11.6 Å². The van der Waals surface area contributed by atoms with E-state index in [2.05, 4.69) is 0 Å². The molecule has 1 saturated heterocycles. The van der Waals surface area contributed by atoms with Gasteiger partial charge in [-0.05, 0) is 43.5 Å². The van der Waals surface area contributed by atoms with Gasteiger partial charge in [-0.3, -0.25) is 9.59 Å². The van der Waals surface area contributed by atoms with Gasteiger partial charge in [-0.2, -0.15) is 0 Å². The predicted octanol–water partition coefficient (Wildman–Crippen LogP) is 2.67.